The van der Waals surface area contributed by atoms with Crippen molar-refractivity contribution in [3.8, 4) is 5.75 Å². The molecule has 1 amide bonds. The second-order valence-electron chi connectivity index (χ2n) is 6.82. The summed E-state index contributed by atoms with van der Waals surface area (Å²) in [6.45, 7) is 2.17. The second kappa shape index (κ2) is 8.97. The molecule has 5 nitrogen and oxygen atoms in total. The molecule has 0 atom stereocenters. The second-order valence-corrected chi connectivity index (χ2v) is 6.82. The summed E-state index contributed by atoms with van der Waals surface area (Å²) in [5, 5.41) is 6.26. The number of rotatable bonds is 7. The van der Waals surface area contributed by atoms with E-state index >= 15 is 0 Å². The van der Waals surface area contributed by atoms with Gasteiger partial charge in [0.1, 0.15) is 18.2 Å². The molecule has 27 heavy (non-hydrogen) atoms. The Kier molecular flexibility index (Phi) is 6.42. The standard InChI is InChI=1S/C21H25FN2O3/c1-26-15-21(10-12-23-13-11-21)20(25)24-17-6-8-18(9-7-17)27-14-16-4-2-3-5-19(16)22/h2-9,23H,10-15H2,1H3,(H,24,25). The number of anilines is 1. The van der Waals surface area contributed by atoms with Gasteiger partial charge in [0.25, 0.3) is 0 Å². The molecule has 1 fully saturated rings. The molecule has 0 bridgehead atoms. The Hall–Kier alpha value is -2.44. The van der Waals surface area contributed by atoms with Crippen molar-refractivity contribution in [1.29, 1.82) is 0 Å². The Morgan fingerprint density at radius 2 is 1.85 bits per heavy atom. The van der Waals surface area contributed by atoms with E-state index in [4.69, 9.17) is 9.47 Å². The monoisotopic (exact) mass is 372 g/mol. The molecule has 3 rings (SSSR count). The molecule has 1 saturated heterocycles. The highest BCUT2D eigenvalue weighted by atomic mass is 19.1. The first-order valence-corrected chi connectivity index (χ1v) is 9.10. The number of methoxy groups -OCH3 is 1. The van der Waals surface area contributed by atoms with Gasteiger partial charge in [0.15, 0.2) is 0 Å². The number of hydrogen-bond donors (Lipinski definition) is 2. The highest BCUT2D eigenvalue weighted by Crippen LogP contribution is 2.31. The predicted molar refractivity (Wildman–Crippen MR) is 102 cm³/mol. The number of ether oxygens (including phenoxy) is 2. The van der Waals surface area contributed by atoms with Gasteiger partial charge in [-0.2, -0.15) is 0 Å². The van der Waals surface area contributed by atoms with E-state index in [0.29, 0.717) is 23.6 Å². The summed E-state index contributed by atoms with van der Waals surface area (Å²) < 4.78 is 24.6. The maximum absolute atomic E-state index is 13.6. The fourth-order valence-electron chi connectivity index (χ4n) is 3.29. The third-order valence-corrected chi connectivity index (χ3v) is 4.93. The van der Waals surface area contributed by atoms with Crippen LogP contribution in [0.3, 0.4) is 0 Å². The van der Waals surface area contributed by atoms with E-state index < -0.39 is 5.41 Å². The van der Waals surface area contributed by atoms with Crippen molar-refractivity contribution in [2.75, 3.05) is 32.1 Å². The Bertz CT molecular complexity index is 753. The minimum absolute atomic E-state index is 0.0223. The maximum atomic E-state index is 13.6. The fourth-order valence-corrected chi connectivity index (χ4v) is 3.29. The molecule has 2 aromatic carbocycles. The lowest BCUT2D eigenvalue weighted by Gasteiger charge is -2.35. The molecule has 144 valence electrons. The lowest BCUT2D eigenvalue weighted by Crippen LogP contribution is -2.47. The van der Waals surface area contributed by atoms with Crippen molar-refractivity contribution in [2.24, 2.45) is 5.41 Å². The number of piperidine rings is 1. The van der Waals surface area contributed by atoms with Crippen LogP contribution >= 0.6 is 0 Å². The SMILES string of the molecule is COCC1(C(=O)Nc2ccc(OCc3ccccc3F)cc2)CCNCC1. The van der Waals surface area contributed by atoms with Crippen molar-refractivity contribution in [3.63, 3.8) is 0 Å². The van der Waals surface area contributed by atoms with E-state index in [1.807, 2.05) is 0 Å². The summed E-state index contributed by atoms with van der Waals surface area (Å²) in [6.07, 6.45) is 1.49. The molecular weight excluding hydrogens is 347 g/mol. The summed E-state index contributed by atoms with van der Waals surface area (Å²) in [5.74, 6) is 0.308. The van der Waals surface area contributed by atoms with Crippen molar-refractivity contribution in [3.05, 3.63) is 59.9 Å². The Morgan fingerprint density at radius 1 is 1.15 bits per heavy atom. The average molecular weight is 372 g/mol. The molecule has 6 heteroatoms. The largest absolute Gasteiger partial charge is 0.489 e. The Labute approximate surface area is 158 Å². The van der Waals surface area contributed by atoms with Gasteiger partial charge in [-0.1, -0.05) is 18.2 Å². The van der Waals surface area contributed by atoms with E-state index in [2.05, 4.69) is 10.6 Å². The molecule has 0 saturated carbocycles. The van der Waals surface area contributed by atoms with Crippen LogP contribution in [0.4, 0.5) is 10.1 Å². The molecule has 0 aromatic heterocycles. The van der Waals surface area contributed by atoms with Gasteiger partial charge in [0.05, 0.1) is 12.0 Å². The van der Waals surface area contributed by atoms with Gasteiger partial charge in [-0.25, -0.2) is 4.39 Å². The quantitative estimate of drug-likeness (QED) is 0.782. The number of halogens is 1. The number of carbonyl (C=O) groups is 1. The molecule has 0 spiro atoms. The maximum Gasteiger partial charge on any atom is 0.233 e. The normalized spacial score (nSPS) is 15.9. The highest BCUT2D eigenvalue weighted by Gasteiger charge is 2.39. The number of carbonyl (C=O) groups excluding carboxylic acids is 1. The summed E-state index contributed by atoms with van der Waals surface area (Å²) in [7, 11) is 1.62. The van der Waals surface area contributed by atoms with Crippen LogP contribution in [-0.4, -0.2) is 32.7 Å². The zero-order valence-electron chi connectivity index (χ0n) is 15.5. The van der Waals surface area contributed by atoms with Crippen LogP contribution in [0.1, 0.15) is 18.4 Å². The Morgan fingerprint density at radius 3 is 2.52 bits per heavy atom. The van der Waals surface area contributed by atoms with E-state index in [-0.39, 0.29) is 18.3 Å². The number of hydrogen-bond acceptors (Lipinski definition) is 4. The number of benzene rings is 2. The molecule has 2 N–H and O–H groups in total. The molecule has 0 unspecified atom stereocenters. The van der Waals surface area contributed by atoms with Crippen LogP contribution in [-0.2, 0) is 16.1 Å². The van der Waals surface area contributed by atoms with Crippen LogP contribution in [0.2, 0.25) is 0 Å². The predicted octanol–water partition coefficient (Wildman–Crippen LogP) is 3.36. The van der Waals surface area contributed by atoms with Gasteiger partial charge in [0.2, 0.25) is 5.91 Å². The smallest absolute Gasteiger partial charge is 0.233 e. The van der Waals surface area contributed by atoms with Crippen molar-refractivity contribution in [1.82, 2.24) is 5.32 Å². The van der Waals surface area contributed by atoms with Gasteiger partial charge >= 0.3 is 0 Å². The van der Waals surface area contributed by atoms with E-state index in [1.165, 1.54) is 6.07 Å². The van der Waals surface area contributed by atoms with Gasteiger partial charge in [-0.3, -0.25) is 4.79 Å². The topological polar surface area (TPSA) is 59.6 Å². The van der Waals surface area contributed by atoms with Gasteiger partial charge in [0, 0.05) is 18.4 Å². The summed E-state index contributed by atoms with van der Waals surface area (Å²) in [5.41, 5.74) is 0.703. The van der Waals surface area contributed by atoms with Crippen LogP contribution < -0.4 is 15.4 Å². The van der Waals surface area contributed by atoms with Crippen molar-refractivity contribution < 1.29 is 18.7 Å². The van der Waals surface area contributed by atoms with Crippen LogP contribution in [0, 0.1) is 11.2 Å². The van der Waals surface area contributed by atoms with Crippen molar-refractivity contribution >= 4 is 11.6 Å². The van der Waals surface area contributed by atoms with Gasteiger partial charge < -0.3 is 20.1 Å². The van der Waals surface area contributed by atoms with E-state index in [9.17, 15) is 9.18 Å². The average Bonchev–Trinajstić information content (AvgIpc) is 2.69. The first-order chi connectivity index (χ1) is 13.1. The zero-order valence-corrected chi connectivity index (χ0v) is 15.5. The van der Waals surface area contributed by atoms with Gasteiger partial charge in [-0.15, -0.1) is 0 Å². The number of amides is 1. The van der Waals surface area contributed by atoms with E-state index in [1.54, 1.807) is 49.6 Å². The highest BCUT2D eigenvalue weighted by molar-refractivity contribution is 5.95. The van der Waals surface area contributed by atoms with Crippen LogP contribution in [0.15, 0.2) is 48.5 Å². The molecule has 2 aromatic rings. The summed E-state index contributed by atoms with van der Waals surface area (Å²) in [4.78, 5) is 12.8. The fraction of sp³-hybridized carbons (Fsp3) is 0.381. The molecule has 0 aliphatic carbocycles. The number of nitrogens with one attached hydrogen (secondary N) is 2. The third-order valence-electron chi connectivity index (χ3n) is 4.93. The van der Waals surface area contributed by atoms with Crippen molar-refractivity contribution in [2.45, 2.75) is 19.4 Å². The molecule has 1 aliphatic heterocycles. The summed E-state index contributed by atoms with van der Waals surface area (Å²) >= 11 is 0. The van der Waals surface area contributed by atoms with Crippen LogP contribution in [0.5, 0.6) is 5.75 Å². The van der Waals surface area contributed by atoms with Crippen LogP contribution in [0.25, 0.3) is 0 Å². The molecule has 0 radical (unpaired) electrons. The molecular formula is C21H25FN2O3. The first kappa shape index (κ1) is 19.3. The minimum Gasteiger partial charge on any atom is -0.489 e. The van der Waals surface area contributed by atoms with Gasteiger partial charge in [-0.05, 0) is 56.3 Å². The Balaban J connectivity index is 1.59. The lowest BCUT2D eigenvalue weighted by atomic mass is 9.78. The molecule has 1 aliphatic rings. The molecule has 1 heterocycles. The summed E-state index contributed by atoms with van der Waals surface area (Å²) in [6, 6.07) is 13.6. The first-order valence-electron chi connectivity index (χ1n) is 9.10. The van der Waals surface area contributed by atoms with E-state index in [0.717, 1.165) is 25.9 Å². The third kappa shape index (κ3) is 4.84. The minimum atomic E-state index is -0.500. The lowest BCUT2D eigenvalue weighted by molar-refractivity contribution is -0.130. The zero-order chi connectivity index (χ0) is 19.1.